The van der Waals surface area contributed by atoms with Crippen molar-refractivity contribution in [1.29, 1.82) is 0 Å². The maximum atomic E-state index is 2.83. The van der Waals surface area contributed by atoms with Crippen LogP contribution in [0.5, 0.6) is 0 Å². The van der Waals surface area contributed by atoms with Gasteiger partial charge in [0.2, 0.25) is 0 Å². The molecule has 1 heterocycles. The number of fused-ring (bicyclic) bond motifs is 3. The Labute approximate surface area is 517 Å². The number of nitrogens with zero attached hydrogens (tertiary/aromatic N) is 1. The van der Waals surface area contributed by atoms with Crippen LogP contribution in [-0.4, -0.2) is 4.57 Å². The van der Waals surface area contributed by atoms with Gasteiger partial charge >= 0.3 is 0 Å². The van der Waals surface area contributed by atoms with Gasteiger partial charge in [0, 0.05) is 28.4 Å². The molecule has 0 N–H and O–H groups in total. The van der Waals surface area contributed by atoms with E-state index in [1.54, 1.807) is 0 Å². The number of hydrogen-bond acceptors (Lipinski definition) is 0. The fraction of sp³-hybridized carbons (Fsp3) is 0.136. The van der Waals surface area contributed by atoms with E-state index in [1.165, 1.54) is 253 Å². The fourth-order valence-corrected chi connectivity index (χ4v) is 17.0. The first-order valence-electron chi connectivity index (χ1n) is 32.9. The lowest BCUT2D eigenvalue weighted by atomic mass is 9.85. The first-order valence-corrected chi connectivity index (χ1v) is 32.9. The molecule has 0 radical (unpaired) electrons. The molecular formula is C88H65N. The van der Waals surface area contributed by atoms with E-state index in [2.05, 4.69) is 254 Å². The molecule has 0 spiro atoms. The highest BCUT2D eigenvalue weighted by Gasteiger charge is 2.26. The van der Waals surface area contributed by atoms with Crippen LogP contribution in [0.1, 0.15) is 71.1 Å². The molecule has 1 heteroatoms. The second-order valence-corrected chi connectivity index (χ2v) is 26.1. The third kappa shape index (κ3) is 7.67. The monoisotopic (exact) mass is 1140 g/mol. The van der Waals surface area contributed by atoms with Crippen molar-refractivity contribution in [2.24, 2.45) is 0 Å². The van der Waals surface area contributed by atoms with Crippen LogP contribution < -0.4 is 0 Å². The normalized spacial score (nSPS) is 12.6. The number of benzene rings is 18. The lowest BCUT2D eigenvalue weighted by Crippen LogP contribution is -2.02. The van der Waals surface area contributed by atoms with Crippen LogP contribution in [0.3, 0.4) is 0 Å². The molecule has 1 aromatic heterocycles. The Bertz CT molecular complexity index is 5610. The summed E-state index contributed by atoms with van der Waals surface area (Å²) < 4.78 is 2.83. The van der Waals surface area contributed by atoms with E-state index >= 15 is 0 Å². The van der Waals surface area contributed by atoms with Crippen LogP contribution in [0.25, 0.3) is 196 Å². The minimum Gasteiger partial charge on any atom is -0.339 e. The molecule has 0 saturated heterocycles. The third-order valence-electron chi connectivity index (χ3n) is 21.1. The summed E-state index contributed by atoms with van der Waals surface area (Å²) in [6, 6.07) is 94.7. The van der Waals surface area contributed by atoms with Crippen LogP contribution in [0.4, 0.5) is 0 Å². The van der Waals surface area contributed by atoms with E-state index in [4.69, 9.17) is 0 Å². The van der Waals surface area contributed by atoms with Crippen LogP contribution >= 0.6 is 0 Å². The average molecular weight is 1140 g/mol. The van der Waals surface area contributed by atoms with Crippen molar-refractivity contribution in [3.05, 3.63) is 243 Å². The van der Waals surface area contributed by atoms with Gasteiger partial charge in [0.15, 0.2) is 0 Å². The molecule has 0 atom stereocenters. The quantitative estimate of drug-likeness (QED) is 0.0712. The Kier molecular flexibility index (Phi) is 11.4. The molecular weight excluding hydrogens is 1070 g/mol. The summed E-state index contributed by atoms with van der Waals surface area (Å²) in [6.45, 7) is 3.23. The highest BCUT2D eigenvalue weighted by Crippen LogP contribution is 2.52. The lowest BCUT2D eigenvalue weighted by Gasteiger charge is -2.19. The predicted molar refractivity (Wildman–Crippen MR) is 388 cm³/mol. The summed E-state index contributed by atoms with van der Waals surface area (Å²) in [4.78, 5) is 0. The fourth-order valence-electron chi connectivity index (χ4n) is 17.0. The molecule has 0 aliphatic rings. The predicted octanol–water partition coefficient (Wildman–Crippen LogP) is 26.0. The first kappa shape index (κ1) is 51.0. The number of unbranched alkanes of at least 4 members (excludes halogenated alkanes) is 9. The molecule has 1 nitrogen and oxygen atoms in total. The third-order valence-corrected chi connectivity index (χ3v) is 21.1. The SMILES string of the molecule is CCCCCCCCCCCCn1c2c(-c3ccc4ccc5cccc6ccc3c4c56)cc(-c3ccc4ccc5cccc6ccc3c4c56)cc2c2cc(-c3ccc4ccc5cccc6ccc3c4c56)cc(-c3ccc4ccc5cccc6ccc3c4c56)c21. The van der Waals surface area contributed by atoms with Crippen LogP contribution in [0.15, 0.2) is 243 Å². The molecule has 0 saturated carbocycles. The minimum absolute atomic E-state index is 0.907. The largest absolute Gasteiger partial charge is 0.339 e. The molecule has 89 heavy (non-hydrogen) atoms. The maximum absolute atomic E-state index is 2.83. The van der Waals surface area contributed by atoms with Gasteiger partial charge in [-0.25, -0.2) is 0 Å². The zero-order chi connectivity index (χ0) is 58.4. The van der Waals surface area contributed by atoms with Crippen molar-refractivity contribution in [3.8, 4) is 44.5 Å². The number of hydrogen-bond donors (Lipinski definition) is 0. The summed E-state index contributed by atoms with van der Waals surface area (Å²) >= 11 is 0. The zero-order valence-electron chi connectivity index (χ0n) is 50.3. The molecule has 19 rings (SSSR count). The standard InChI is InChI=1S/C88H65N/c1-2-3-4-5-6-7-8-9-10-11-48-89-87-75(69-42-34-63-30-26-55-18-14-22-59-38-46-73(69)85(63)81(55)59)49-65(67-40-32-61-28-24-53-16-12-20-57-36-44-71(67)83(61)79(53)57)51-77(87)78-52-66(68-41-33-62-29-25-54-17-13-21-58-37-45-72(68)84(62)80(54)58)50-76(88(78)89)70-43-35-64-31-27-56-19-15-23-60-39-47-74(70)86(64)82(56)60/h12-47,49-52H,2-11,48H2,1H3. The molecule has 0 aliphatic heterocycles. The summed E-state index contributed by atoms with van der Waals surface area (Å²) in [5, 5.41) is 34.0. The van der Waals surface area contributed by atoms with Crippen molar-refractivity contribution >= 4 is 151 Å². The highest BCUT2D eigenvalue weighted by molar-refractivity contribution is 6.32. The lowest BCUT2D eigenvalue weighted by molar-refractivity contribution is 0.541. The van der Waals surface area contributed by atoms with Gasteiger partial charge in [-0.3, -0.25) is 0 Å². The Morgan fingerprint density at radius 3 is 0.798 bits per heavy atom. The number of aromatic nitrogens is 1. The summed E-state index contributed by atoms with van der Waals surface area (Å²) in [6.07, 6.45) is 12.9. The van der Waals surface area contributed by atoms with E-state index in [0.717, 1.165) is 13.0 Å². The van der Waals surface area contributed by atoms with Crippen molar-refractivity contribution < 1.29 is 0 Å². The Morgan fingerprint density at radius 2 is 0.472 bits per heavy atom. The van der Waals surface area contributed by atoms with E-state index in [-0.39, 0.29) is 0 Å². The van der Waals surface area contributed by atoms with E-state index < -0.39 is 0 Å². The Balaban J connectivity index is 0.947. The van der Waals surface area contributed by atoms with Crippen LogP contribution in [0, 0.1) is 0 Å². The summed E-state index contributed by atoms with van der Waals surface area (Å²) in [7, 11) is 0. The molecule has 422 valence electrons. The molecule has 0 aliphatic carbocycles. The first-order chi connectivity index (χ1) is 44.1. The Morgan fingerprint density at radius 1 is 0.213 bits per heavy atom. The number of aryl methyl sites for hydroxylation is 1. The zero-order valence-corrected chi connectivity index (χ0v) is 50.3. The van der Waals surface area contributed by atoms with Crippen molar-refractivity contribution in [3.63, 3.8) is 0 Å². The maximum Gasteiger partial charge on any atom is 0.0571 e. The van der Waals surface area contributed by atoms with Gasteiger partial charge in [0.05, 0.1) is 11.0 Å². The second-order valence-electron chi connectivity index (χ2n) is 26.1. The topological polar surface area (TPSA) is 4.93 Å². The van der Waals surface area contributed by atoms with E-state index in [1.807, 2.05) is 0 Å². The van der Waals surface area contributed by atoms with Crippen molar-refractivity contribution in [2.75, 3.05) is 0 Å². The van der Waals surface area contributed by atoms with Gasteiger partial charge in [-0.05, 0) is 193 Å². The average Bonchev–Trinajstić information content (AvgIpc) is 1.70. The molecule has 0 unspecified atom stereocenters. The van der Waals surface area contributed by atoms with E-state index in [0.29, 0.717) is 0 Å². The second kappa shape index (κ2) is 20.0. The molecule has 18 aromatic carbocycles. The van der Waals surface area contributed by atoms with Crippen LogP contribution in [-0.2, 0) is 6.54 Å². The molecule has 19 aromatic rings. The van der Waals surface area contributed by atoms with Gasteiger partial charge in [-0.2, -0.15) is 0 Å². The van der Waals surface area contributed by atoms with Gasteiger partial charge in [0.25, 0.3) is 0 Å². The van der Waals surface area contributed by atoms with Crippen molar-refractivity contribution in [1.82, 2.24) is 4.57 Å². The van der Waals surface area contributed by atoms with Gasteiger partial charge in [-0.15, -0.1) is 0 Å². The van der Waals surface area contributed by atoms with Gasteiger partial charge in [-0.1, -0.05) is 283 Å². The number of rotatable bonds is 15. The highest BCUT2D eigenvalue weighted by atomic mass is 15.0. The van der Waals surface area contributed by atoms with Gasteiger partial charge < -0.3 is 4.57 Å². The van der Waals surface area contributed by atoms with Crippen molar-refractivity contribution in [2.45, 2.75) is 77.7 Å². The summed E-state index contributed by atoms with van der Waals surface area (Å²) in [5.41, 5.74) is 12.8. The smallest absolute Gasteiger partial charge is 0.0571 e. The molecule has 0 bridgehead atoms. The van der Waals surface area contributed by atoms with Crippen LogP contribution in [0.2, 0.25) is 0 Å². The molecule has 0 fully saturated rings. The summed E-state index contributed by atoms with van der Waals surface area (Å²) in [5.74, 6) is 0. The van der Waals surface area contributed by atoms with E-state index in [9.17, 15) is 0 Å². The molecule has 0 amide bonds. The van der Waals surface area contributed by atoms with Gasteiger partial charge in [0.1, 0.15) is 0 Å². The minimum atomic E-state index is 0.907. The Hall–Kier alpha value is -10.1.